The van der Waals surface area contributed by atoms with Crippen molar-refractivity contribution in [3.63, 3.8) is 0 Å². The highest BCUT2D eigenvalue weighted by Crippen LogP contribution is 2.19. The highest BCUT2D eigenvalue weighted by atomic mass is 16.6. The molecule has 9 heteroatoms. The first kappa shape index (κ1) is 25.2. The third-order valence-electron chi connectivity index (χ3n) is 4.36. The Hall–Kier alpha value is -3.10. The first-order valence-electron chi connectivity index (χ1n) is 10.7. The summed E-state index contributed by atoms with van der Waals surface area (Å²) in [6.07, 6.45) is -0.339. The predicted octanol–water partition coefficient (Wildman–Crippen LogP) is 3.60. The SMILES string of the molecule is CN=C(NCc1ccc(CN(C)C(=O)OC(C)(C)C)cc1)NCc1noc(C(C)(C)C)n1. The van der Waals surface area contributed by atoms with Crippen molar-refractivity contribution < 1.29 is 14.1 Å². The molecule has 9 nitrogen and oxygen atoms in total. The van der Waals surface area contributed by atoms with E-state index in [2.05, 4.69) is 25.8 Å². The smallest absolute Gasteiger partial charge is 0.410 e. The van der Waals surface area contributed by atoms with Crippen LogP contribution in [-0.2, 0) is 29.8 Å². The van der Waals surface area contributed by atoms with Gasteiger partial charge in [-0.05, 0) is 31.9 Å². The van der Waals surface area contributed by atoms with E-state index in [9.17, 15) is 4.79 Å². The lowest BCUT2D eigenvalue weighted by molar-refractivity contribution is 0.0285. The first-order chi connectivity index (χ1) is 14.9. The number of carbonyl (C=O) groups excluding carboxylic acids is 1. The average Bonchev–Trinajstić information content (AvgIpc) is 3.17. The molecule has 1 aromatic heterocycles. The molecular weight excluding hydrogens is 408 g/mol. The minimum atomic E-state index is -0.508. The highest BCUT2D eigenvalue weighted by molar-refractivity contribution is 5.79. The van der Waals surface area contributed by atoms with Crippen LogP contribution in [0.1, 0.15) is 64.4 Å². The van der Waals surface area contributed by atoms with E-state index in [4.69, 9.17) is 9.26 Å². The molecular formula is C23H36N6O3. The molecule has 1 amide bonds. The Morgan fingerprint density at radius 2 is 1.66 bits per heavy atom. The summed E-state index contributed by atoms with van der Waals surface area (Å²) in [6.45, 7) is 13.1. The quantitative estimate of drug-likeness (QED) is 0.518. The Kier molecular flexibility index (Phi) is 8.24. The van der Waals surface area contributed by atoms with Crippen LogP contribution in [0.15, 0.2) is 33.8 Å². The number of guanidine groups is 1. The van der Waals surface area contributed by atoms with E-state index < -0.39 is 5.60 Å². The van der Waals surface area contributed by atoms with Gasteiger partial charge in [-0.2, -0.15) is 4.98 Å². The molecule has 1 aromatic carbocycles. The third kappa shape index (κ3) is 8.20. The number of carbonyl (C=O) groups is 1. The predicted molar refractivity (Wildman–Crippen MR) is 124 cm³/mol. The maximum absolute atomic E-state index is 12.1. The summed E-state index contributed by atoms with van der Waals surface area (Å²) < 4.78 is 10.7. The van der Waals surface area contributed by atoms with E-state index in [0.29, 0.717) is 37.3 Å². The molecule has 0 unspecified atom stereocenters. The van der Waals surface area contributed by atoms with E-state index >= 15 is 0 Å². The maximum Gasteiger partial charge on any atom is 0.410 e. The minimum absolute atomic E-state index is 0.182. The van der Waals surface area contributed by atoms with Gasteiger partial charge in [0.15, 0.2) is 11.8 Å². The summed E-state index contributed by atoms with van der Waals surface area (Å²) in [4.78, 5) is 22.3. The molecule has 0 aliphatic rings. The molecule has 0 radical (unpaired) electrons. The zero-order valence-electron chi connectivity index (χ0n) is 20.4. The van der Waals surface area contributed by atoms with Gasteiger partial charge in [-0.1, -0.05) is 50.2 Å². The zero-order valence-corrected chi connectivity index (χ0v) is 20.4. The standard InChI is InChI=1S/C23H36N6O3/c1-22(2,3)19-27-18(28-32-19)14-26-20(24-7)25-13-16-9-11-17(12-10-16)15-29(8)21(30)31-23(4,5)6/h9-12H,13-15H2,1-8H3,(H2,24,25,26). The molecule has 0 atom stereocenters. The number of aromatic nitrogens is 2. The minimum Gasteiger partial charge on any atom is -0.444 e. The van der Waals surface area contributed by atoms with Gasteiger partial charge in [0.1, 0.15) is 5.60 Å². The van der Waals surface area contributed by atoms with Crippen LogP contribution in [-0.4, -0.2) is 46.8 Å². The lowest BCUT2D eigenvalue weighted by Crippen LogP contribution is -2.36. The number of aliphatic imine (C=N–C) groups is 1. The van der Waals surface area contributed by atoms with Crippen molar-refractivity contribution in [1.29, 1.82) is 0 Å². The second-order valence-corrected chi connectivity index (χ2v) is 9.70. The Bertz CT molecular complexity index is 907. The Morgan fingerprint density at radius 3 is 2.19 bits per heavy atom. The fourth-order valence-electron chi connectivity index (χ4n) is 2.64. The number of benzene rings is 1. The van der Waals surface area contributed by atoms with Gasteiger partial charge in [0.2, 0.25) is 5.89 Å². The third-order valence-corrected chi connectivity index (χ3v) is 4.36. The van der Waals surface area contributed by atoms with Crippen molar-refractivity contribution in [3.8, 4) is 0 Å². The van der Waals surface area contributed by atoms with Gasteiger partial charge in [0.05, 0.1) is 6.54 Å². The molecule has 0 aliphatic carbocycles. The summed E-state index contributed by atoms with van der Waals surface area (Å²) in [7, 11) is 3.44. The molecule has 0 aliphatic heterocycles. The van der Waals surface area contributed by atoms with Gasteiger partial charge in [-0.15, -0.1) is 0 Å². The second kappa shape index (κ2) is 10.5. The van der Waals surface area contributed by atoms with Gasteiger partial charge in [0.25, 0.3) is 0 Å². The number of nitrogens with zero attached hydrogens (tertiary/aromatic N) is 4. The Morgan fingerprint density at radius 1 is 1.06 bits per heavy atom. The van der Waals surface area contributed by atoms with Crippen molar-refractivity contribution in [1.82, 2.24) is 25.7 Å². The summed E-state index contributed by atoms with van der Waals surface area (Å²) in [6, 6.07) is 8.05. The molecule has 0 bridgehead atoms. The van der Waals surface area contributed by atoms with Crippen LogP contribution in [0.5, 0.6) is 0 Å². The summed E-state index contributed by atoms with van der Waals surface area (Å²) in [5.41, 5.74) is 1.42. The molecule has 0 spiro atoms. The lowest BCUT2D eigenvalue weighted by atomic mass is 9.97. The Labute approximate surface area is 190 Å². The summed E-state index contributed by atoms with van der Waals surface area (Å²) >= 11 is 0. The van der Waals surface area contributed by atoms with E-state index in [1.807, 2.05) is 65.8 Å². The van der Waals surface area contributed by atoms with Crippen LogP contribution in [0.2, 0.25) is 0 Å². The van der Waals surface area contributed by atoms with Gasteiger partial charge in [-0.25, -0.2) is 4.79 Å². The number of amides is 1. The number of rotatable bonds is 6. The van der Waals surface area contributed by atoms with E-state index in [-0.39, 0.29) is 11.5 Å². The molecule has 0 saturated carbocycles. The van der Waals surface area contributed by atoms with Crippen molar-refractivity contribution in [3.05, 3.63) is 47.1 Å². The number of ether oxygens (including phenoxy) is 1. The summed E-state index contributed by atoms with van der Waals surface area (Å²) in [5, 5.41) is 10.5. The van der Waals surface area contributed by atoms with E-state index in [0.717, 1.165) is 11.1 Å². The van der Waals surface area contributed by atoms with Crippen molar-refractivity contribution >= 4 is 12.1 Å². The number of nitrogens with one attached hydrogen (secondary N) is 2. The molecule has 1 heterocycles. The van der Waals surface area contributed by atoms with E-state index in [1.54, 1.807) is 19.0 Å². The molecule has 2 N–H and O–H groups in total. The van der Waals surface area contributed by atoms with Gasteiger partial charge in [-0.3, -0.25) is 4.99 Å². The van der Waals surface area contributed by atoms with Gasteiger partial charge >= 0.3 is 6.09 Å². The molecule has 176 valence electrons. The molecule has 0 fully saturated rings. The van der Waals surface area contributed by atoms with Gasteiger partial charge in [0, 0.05) is 32.6 Å². The normalized spacial score (nSPS) is 12.4. The van der Waals surface area contributed by atoms with Crippen LogP contribution in [0, 0.1) is 0 Å². The van der Waals surface area contributed by atoms with Crippen LogP contribution in [0.4, 0.5) is 4.79 Å². The Balaban J connectivity index is 1.82. The lowest BCUT2D eigenvalue weighted by Gasteiger charge is -2.24. The second-order valence-electron chi connectivity index (χ2n) is 9.70. The largest absolute Gasteiger partial charge is 0.444 e. The van der Waals surface area contributed by atoms with Crippen molar-refractivity contribution in [2.24, 2.45) is 4.99 Å². The molecule has 0 saturated heterocycles. The van der Waals surface area contributed by atoms with E-state index in [1.165, 1.54) is 0 Å². The molecule has 32 heavy (non-hydrogen) atoms. The fraction of sp³-hybridized carbons (Fsp3) is 0.565. The van der Waals surface area contributed by atoms with Gasteiger partial charge < -0.3 is 24.8 Å². The van der Waals surface area contributed by atoms with Crippen LogP contribution in [0.25, 0.3) is 0 Å². The fourth-order valence-corrected chi connectivity index (χ4v) is 2.64. The maximum atomic E-state index is 12.1. The van der Waals surface area contributed by atoms with Crippen LogP contribution >= 0.6 is 0 Å². The van der Waals surface area contributed by atoms with Crippen molar-refractivity contribution in [2.45, 2.75) is 72.2 Å². The van der Waals surface area contributed by atoms with Crippen LogP contribution < -0.4 is 10.6 Å². The molecule has 2 aromatic rings. The van der Waals surface area contributed by atoms with Crippen LogP contribution in [0.3, 0.4) is 0 Å². The zero-order chi connectivity index (χ0) is 23.9. The summed E-state index contributed by atoms with van der Waals surface area (Å²) in [5.74, 6) is 1.83. The average molecular weight is 445 g/mol. The molecule has 2 rings (SSSR count). The first-order valence-corrected chi connectivity index (χ1v) is 10.7. The monoisotopic (exact) mass is 444 g/mol. The topological polar surface area (TPSA) is 105 Å². The number of hydrogen-bond donors (Lipinski definition) is 2. The number of hydrogen-bond acceptors (Lipinski definition) is 6. The highest BCUT2D eigenvalue weighted by Gasteiger charge is 2.22. The van der Waals surface area contributed by atoms with Crippen molar-refractivity contribution in [2.75, 3.05) is 14.1 Å².